The second-order valence-corrected chi connectivity index (χ2v) is 5.12. The molecule has 2 aromatic rings. The van der Waals surface area contributed by atoms with Gasteiger partial charge in [-0.3, -0.25) is 4.79 Å². The van der Waals surface area contributed by atoms with Gasteiger partial charge in [0.2, 0.25) is 0 Å². The van der Waals surface area contributed by atoms with Gasteiger partial charge in [-0.25, -0.2) is 0 Å². The molecule has 0 aliphatic rings. The SMILES string of the molecule is CN(Cc1ccoc1)C(=O)c1ccc(I)c(O)c1. The summed E-state index contributed by atoms with van der Waals surface area (Å²) in [4.78, 5) is 13.7. The van der Waals surface area contributed by atoms with Crippen molar-refractivity contribution in [1.82, 2.24) is 4.90 Å². The highest BCUT2D eigenvalue weighted by molar-refractivity contribution is 14.1. The first-order valence-electron chi connectivity index (χ1n) is 5.33. The van der Waals surface area contributed by atoms with E-state index in [1.165, 1.54) is 6.07 Å². The second kappa shape index (κ2) is 5.43. The van der Waals surface area contributed by atoms with Crippen molar-refractivity contribution in [3.8, 4) is 5.75 Å². The Kier molecular flexibility index (Phi) is 3.90. The number of rotatable bonds is 3. The summed E-state index contributed by atoms with van der Waals surface area (Å²) in [5, 5.41) is 9.59. The van der Waals surface area contributed by atoms with Gasteiger partial charge in [-0.15, -0.1) is 0 Å². The van der Waals surface area contributed by atoms with Crippen LogP contribution in [0.25, 0.3) is 0 Å². The van der Waals surface area contributed by atoms with E-state index in [2.05, 4.69) is 0 Å². The first-order chi connectivity index (χ1) is 8.58. The van der Waals surface area contributed by atoms with Crippen LogP contribution in [0.5, 0.6) is 5.75 Å². The fourth-order valence-corrected chi connectivity index (χ4v) is 1.93. The van der Waals surface area contributed by atoms with Gasteiger partial charge < -0.3 is 14.4 Å². The van der Waals surface area contributed by atoms with E-state index < -0.39 is 0 Å². The molecule has 0 unspecified atom stereocenters. The fraction of sp³-hybridized carbons (Fsp3) is 0.154. The number of furan rings is 1. The van der Waals surface area contributed by atoms with Gasteiger partial charge in [-0.2, -0.15) is 0 Å². The van der Waals surface area contributed by atoms with Crippen molar-refractivity contribution < 1.29 is 14.3 Å². The van der Waals surface area contributed by atoms with Crippen molar-refractivity contribution in [2.45, 2.75) is 6.54 Å². The molecule has 1 N–H and O–H groups in total. The Bertz CT molecular complexity index is 551. The van der Waals surface area contributed by atoms with Gasteiger partial charge in [0.25, 0.3) is 5.91 Å². The average molecular weight is 357 g/mol. The highest BCUT2D eigenvalue weighted by atomic mass is 127. The minimum Gasteiger partial charge on any atom is -0.507 e. The predicted octanol–water partition coefficient (Wildman–Crippen LogP) is 2.86. The third kappa shape index (κ3) is 2.84. The number of carbonyl (C=O) groups is 1. The zero-order chi connectivity index (χ0) is 13.1. The molecule has 2 rings (SSSR count). The monoisotopic (exact) mass is 357 g/mol. The summed E-state index contributed by atoms with van der Waals surface area (Å²) in [5.41, 5.74) is 1.40. The van der Waals surface area contributed by atoms with Crippen LogP contribution in [-0.2, 0) is 6.54 Å². The van der Waals surface area contributed by atoms with Gasteiger partial charge >= 0.3 is 0 Å². The van der Waals surface area contributed by atoms with Crippen LogP contribution in [0.1, 0.15) is 15.9 Å². The minimum atomic E-state index is -0.136. The van der Waals surface area contributed by atoms with E-state index in [4.69, 9.17) is 4.42 Å². The summed E-state index contributed by atoms with van der Waals surface area (Å²) in [6.45, 7) is 0.474. The van der Waals surface area contributed by atoms with Crippen LogP contribution < -0.4 is 0 Å². The van der Waals surface area contributed by atoms with Crippen LogP contribution in [0.2, 0.25) is 0 Å². The van der Waals surface area contributed by atoms with E-state index in [-0.39, 0.29) is 11.7 Å². The number of nitrogens with zero attached hydrogens (tertiary/aromatic N) is 1. The second-order valence-electron chi connectivity index (χ2n) is 3.96. The summed E-state index contributed by atoms with van der Waals surface area (Å²) < 4.78 is 5.68. The van der Waals surface area contributed by atoms with E-state index >= 15 is 0 Å². The molecule has 1 heterocycles. The molecule has 94 valence electrons. The molecule has 1 amide bonds. The number of amides is 1. The maximum Gasteiger partial charge on any atom is 0.254 e. The van der Waals surface area contributed by atoms with Gasteiger partial charge in [-0.05, 0) is 46.9 Å². The van der Waals surface area contributed by atoms with Crippen LogP contribution in [-0.4, -0.2) is 23.0 Å². The van der Waals surface area contributed by atoms with E-state index in [1.807, 2.05) is 28.7 Å². The number of phenolic OH excluding ortho intramolecular Hbond substituents is 1. The first-order valence-corrected chi connectivity index (χ1v) is 6.41. The van der Waals surface area contributed by atoms with Crippen LogP contribution in [0.4, 0.5) is 0 Å². The number of hydrogen-bond donors (Lipinski definition) is 1. The van der Waals surface area contributed by atoms with Gasteiger partial charge in [0.1, 0.15) is 5.75 Å². The third-order valence-electron chi connectivity index (χ3n) is 2.54. The Balaban J connectivity index is 2.12. The number of aromatic hydroxyl groups is 1. The quantitative estimate of drug-likeness (QED) is 0.860. The third-order valence-corrected chi connectivity index (χ3v) is 3.45. The van der Waals surface area contributed by atoms with Crippen molar-refractivity contribution in [3.63, 3.8) is 0 Å². The maximum absolute atomic E-state index is 12.1. The van der Waals surface area contributed by atoms with Crippen LogP contribution in [0.3, 0.4) is 0 Å². The number of phenols is 1. The van der Waals surface area contributed by atoms with E-state index in [1.54, 1.807) is 36.6 Å². The van der Waals surface area contributed by atoms with Gasteiger partial charge in [0, 0.05) is 24.7 Å². The Morgan fingerprint density at radius 1 is 1.44 bits per heavy atom. The molecule has 0 saturated heterocycles. The summed E-state index contributed by atoms with van der Waals surface area (Å²) in [7, 11) is 1.71. The van der Waals surface area contributed by atoms with Gasteiger partial charge in [0.15, 0.2) is 0 Å². The Morgan fingerprint density at radius 3 is 2.83 bits per heavy atom. The predicted molar refractivity (Wildman–Crippen MR) is 75.3 cm³/mol. The molecule has 0 saturated carbocycles. The standard InChI is InChI=1S/C13H12INO3/c1-15(7-9-4-5-18-8-9)13(17)10-2-3-11(14)12(16)6-10/h2-6,8,16H,7H2,1H3. The van der Waals surface area contributed by atoms with Crippen LogP contribution in [0, 0.1) is 3.57 Å². The first kappa shape index (κ1) is 12.9. The summed E-state index contributed by atoms with van der Waals surface area (Å²) >= 11 is 2.01. The lowest BCUT2D eigenvalue weighted by atomic mass is 10.2. The summed E-state index contributed by atoms with van der Waals surface area (Å²) in [6, 6.07) is 6.72. The molecule has 0 fully saturated rings. The molecule has 1 aromatic carbocycles. The molecule has 1 aromatic heterocycles. The molecule has 0 bridgehead atoms. The molecule has 5 heteroatoms. The number of hydrogen-bond acceptors (Lipinski definition) is 3. The highest BCUT2D eigenvalue weighted by Crippen LogP contribution is 2.21. The zero-order valence-corrected chi connectivity index (χ0v) is 11.9. The van der Waals surface area contributed by atoms with Crippen molar-refractivity contribution >= 4 is 28.5 Å². The minimum absolute atomic E-state index is 0.123. The lowest BCUT2D eigenvalue weighted by Crippen LogP contribution is -2.25. The molecule has 0 aliphatic heterocycles. The average Bonchev–Trinajstić information content (AvgIpc) is 2.84. The van der Waals surface area contributed by atoms with Gasteiger partial charge in [0.05, 0.1) is 16.1 Å². The number of carbonyl (C=O) groups excluding carboxylic acids is 1. The zero-order valence-electron chi connectivity index (χ0n) is 9.76. The van der Waals surface area contributed by atoms with Crippen LogP contribution >= 0.6 is 22.6 Å². The van der Waals surface area contributed by atoms with E-state index in [9.17, 15) is 9.90 Å². The Hall–Kier alpha value is -1.50. The Labute approximate surface area is 118 Å². The molecule has 0 aliphatic carbocycles. The lowest BCUT2D eigenvalue weighted by molar-refractivity contribution is 0.0784. The number of halogens is 1. The topological polar surface area (TPSA) is 53.7 Å². The van der Waals surface area contributed by atoms with Crippen molar-refractivity contribution in [1.29, 1.82) is 0 Å². The maximum atomic E-state index is 12.1. The Morgan fingerprint density at radius 2 is 2.22 bits per heavy atom. The summed E-state index contributed by atoms with van der Waals surface area (Å²) in [5.74, 6) is -0.0129. The smallest absolute Gasteiger partial charge is 0.254 e. The molecule has 0 spiro atoms. The molecular formula is C13H12INO3. The number of benzene rings is 1. The molecule has 18 heavy (non-hydrogen) atoms. The fourth-order valence-electron chi connectivity index (χ4n) is 1.59. The van der Waals surface area contributed by atoms with Crippen molar-refractivity contribution in [3.05, 3.63) is 51.5 Å². The molecule has 4 nitrogen and oxygen atoms in total. The van der Waals surface area contributed by atoms with Crippen molar-refractivity contribution in [2.75, 3.05) is 7.05 Å². The van der Waals surface area contributed by atoms with Gasteiger partial charge in [-0.1, -0.05) is 0 Å². The molecule has 0 radical (unpaired) electrons. The highest BCUT2D eigenvalue weighted by Gasteiger charge is 2.13. The van der Waals surface area contributed by atoms with E-state index in [0.29, 0.717) is 12.1 Å². The van der Waals surface area contributed by atoms with Crippen LogP contribution in [0.15, 0.2) is 41.2 Å². The van der Waals surface area contributed by atoms with Crippen molar-refractivity contribution in [2.24, 2.45) is 0 Å². The molecule has 0 atom stereocenters. The van der Waals surface area contributed by atoms with E-state index in [0.717, 1.165) is 9.13 Å². The molecular weight excluding hydrogens is 345 g/mol. The normalized spacial score (nSPS) is 10.3. The summed E-state index contributed by atoms with van der Waals surface area (Å²) in [6.07, 6.45) is 3.18. The lowest BCUT2D eigenvalue weighted by Gasteiger charge is -2.16. The largest absolute Gasteiger partial charge is 0.507 e.